The average Bonchev–Trinajstić information content (AvgIpc) is 3.08. The lowest BCUT2D eigenvalue weighted by atomic mass is 9.71. The number of fused-ring (bicyclic) bond motifs is 4. The van der Waals surface area contributed by atoms with E-state index in [-0.39, 0.29) is 6.04 Å². The first-order valence-corrected chi connectivity index (χ1v) is 17.6. The van der Waals surface area contributed by atoms with Crippen molar-refractivity contribution in [3.63, 3.8) is 0 Å². The summed E-state index contributed by atoms with van der Waals surface area (Å²) in [5, 5.41) is 13.3. The van der Waals surface area contributed by atoms with Gasteiger partial charge in [0.15, 0.2) is 11.5 Å². The van der Waals surface area contributed by atoms with Crippen LogP contribution in [0.3, 0.4) is 0 Å². The Kier molecular flexibility index (Phi) is 11.9. The topological polar surface area (TPSA) is 70.0 Å². The van der Waals surface area contributed by atoms with Crippen molar-refractivity contribution in [2.75, 3.05) is 40.0 Å². The number of quaternary nitrogens is 1. The number of hydrogen-bond donors (Lipinski definition) is 1. The largest absolute Gasteiger partial charge is 0.497 e. The van der Waals surface area contributed by atoms with Crippen molar-refractivity contribution >= 4 is 10.9 Å². The summed E-state index contributed by atoms with van der Waals surface area (Å²) in [6.45, 7) is 15.4. The number of aliphatic hydroxyl groups is 1. The molecule has 0 radical (unpaired) electrons. The van der Waals surface area contributed by atoms with Gasteiger partial charge in [-0.1, -0.05) is 46.1 Å². The van der Waals surface area contributed by atoms with E-state index in [1.165, 1.54) is 0 Å². The Bertz CT molecular complexity index is 1410. The van der Waals surface area contributed by atoms with Crippen LogP contribution in [0.25, 0.3) is 10.9 Å². The smallest absolute Gasteiger partial charge is 0.203 e. The second kappa shape index (κ2) is 16.0. The van der Waals surface area contributed by atoms with E-state index < -0.39 is 6.10 Å². The third-order valence-corrected chi connectivity index (χ3v) is 10.2. The minimum atomic E-state index is -0.650. The monoisotopic (exact) mass is 631 g/mol. The molecule has 0 saturated carbocycles. The number of nitrogens with zero attached hydrogens (tertiary/aromatic N) is 2. The predicted octanol–water partition coefficient (Wildman–Crippen LogP) is 8.42. The molecule has 1 aromatic heterocycles. The molecule has 7 heteroatoms. The van der Waals surface area contributed by atoms with Gasteiger partial charge < -0.3 is 28.5 Å². The summed E-state index contributed by atoms with van der Waals surface area (Å²) in [7, 11) is 1.68. The maximum atomic E-state index is 12.3. The maximum absolute atomic E-state index is 12.3. The fourth-order valence-electron chi connectivity index (χ4n) is 7.53. The number of aromatic nitrogens is 1. The van der Waals surface area contributed by atoms with Gasteiger partial charge in [-0.05, 0) is 67.1 Å². The zero-order valence-electron chi connectivity index (χ0n) is 28.5. The summed E-state index contributed by atoms with van der Waals surface area (Å²) < 4.78 is 25.6. The number of rotatable bonds is 18. The molecule has 5 atom stereocenters. The van der Waals surface area contributed by atoms with Gasteiger partial charge >= 0.3 is 0 Å². The van der Waals surface area contributed by atoms with E-state index in [2.05, 4.69) is 50.5 Å². The minimum Gasteiger partial charge on any atom is -0.497 e. The lowest BCUT2D eigenvalue weighted by molar-refractivity contribution is -0.984. The van der Waals surface area contributed by atoms with Crippen molar-refractivity contribution < 1.29 is 28.5 Å². The molecule has 3 aliphatic rings. The van der Waals surface area contributed by atoms with Crippen molar-refractivity contribution in [1.82, 2.24) is 4.98 Å². The summed E-state index contributed by atoms with van der Waals surface area (Å²) in [5.41, 5.74) is 2.94. The Balaban J connectivity index is 1.54. The Morgan fingerprint density at radius 1 is 0.957 bits per heavy atom. The lowest BCUT2D eigenvalue weighted by Crippen LogP contribution is -2.67. The first-order chi connectivity index (χ1) is 22.5. The fraction of sp³-hybridized carbons (Fsp3) is 0.564. The Labute approximate surface area is 276 Å². The number of benzene rings is 2. The van der Waals surface area contributed by atoms with Crippen LogP contribution in [0, 0.1) is 11.8 Å². The third-order valence-electron chi connectivity index (χ3n) is 10.2. The second-order valence-electron chi connectivity index (χ2n) is 13.3. The van der Waals surface area contributed by atoms with Crippen LogP contribution in [0.4, 0.5) is 0 Å². The molecule has 6 rings (SSSR count). The summed E-state index contributed by atoms with van der Waals surface area (Å²) in [6.07, 6.45) is 11.5. The molecule has 0 aliphatic carbocycles. The molecule has 4 heterocycles. The van der Waals surface area contributed by atoms with E-state index in [0.717, 1.165) is 121 Å². The second-order valence-corrected chi connectivity index (χ2v) is 13.3. The van der Waals surface area contributed by atoms with Gasteiger partial charge in [0.1, 0.15) is 24.4 Å². The summed E-state index contributed by atoms with van der Waals surface area (Å²) in [5.74, 6) is 3.96. The van der Waals surface area contributed by atoms with Crippen LogP contribution in [-0.2, 0) is 6.54 Å². The van der Waals surface area contributed by atoms with E-state index in [1.54, 1.807) is 7.11 Å². The SMILES string of the molecule is C=CC1C[N+]2(Cc3cc(OCCCC)c(OCCCC)c(OCCCC)c3)CCC1C[C@@H]2[C@@H](O)c1ccnc2ccc(OC)cc12. The average molecular weight is 632 g/mol. The van der Waals surface area contributed by atoms with Crippen LogP contribution in [-0.4, -0.2) is 60.6 Å². The predicted molar refractivity (Wildman–Crippen MR) is 185 cm³/mol. The van der Waals surface area contributed by atoms with Crippen LogP contribution < -0.4 is 18.9 Å². The fourth-order valence-corrected chi connectivity index (χ4v) is 7.53. The third kappa shape index (κ3) is 7.47. The van der Waals surface area contributed by atoms with Gasteiger partial charge in [-0.2, -0.15) is 0 Å². The van der Waals surface area contributed by atoms with Crippen LogP contribution in [0.15, 0.2) is 55.3 Å². The Morgan fingerprint density at radius 2 is 1.63 bits per heavy atom. The van der Waals surface area contributed by atoms with Crippen LogP contribution in [0.2, 0.25) is 0 Å². The molecular formula is C39H55N2O5+. The van der Waals surface area contributed by atoms with Gasteiger partial charge in [0.25, 0.3) is 0 Å². The highest BCUT2D eigenvalue weighted by Crippen LogP contribution is 2.49. The molecular weight excluding hydrogens is 576 g/mol. The Hall–Kier alpha value is -3.29. The number of piperidine rings is 3. The quantitative estimate of drug-likeness (QED) is 0.0864. The number of hydrogen-bond acceptors (Lipinski definition) is 6. The number of ether oxygens (including phenoxy) is 4. The van der Waals surface area contributed by atoms with Crippen molar-refractivity contribution in [3.8, 4) is 23.0 Å². The molecule has 3 unspecified atom stereocenters. The van der Waals surface area contributed by atoms with Crippen LogP contribution in [0.1, 0.15) is 89.4 Å². The number of aliphatic hydroxyl groups excluding tert-OH is 1. The molecule has 2 bridgehead atoms. The van der Waals surface area contributed by atoms with Gasteiger partial charge in [0.05, 0.1) is 45.5 Å². The van der Waals surface area contributed by atoms with Crippen molar-refractivity contribution in [2.45, 2.75) is 90.8 Å². The number of unbranched alkanes of at least 4 members (excludes halogenated alkanes) is 3. The first-order valence-electron chi connectivity index (χ1n) is 17.6. The molecule has 3 aromatic rings. The highest BCUT2D eigenvalue weighted by atomic mass is 16.5. The summed E-state index contributed by atoms with van der Waals surface area (Å²) in [6, 6.07) is 12.3. The number of pyridine rings is 1. The van der Waals surface area contributed by atoms with E-state index in [0.29, 0.717) is 31.7 Å². The van der Waals surface area contributed by atoms with Crippen molar-refractivity contribution in [2.24, 2.45) is 11.8 Å². The summed E-state index contributed by atoms with van der Waals surface area (Å²) in [4.78, 5) is 4.59. The first kappa shape index (κ1) is 34.1. The number of methoxy groups -OCH3 is 1. The highest BCUT2D eigenvalue weighted by Gasteiger charge is 2.54. The molecule has 3 saturated heterocycles. The van der Waals surface area contributed by atoms with E-state index >= 15 is 0 Å². The van der Waals surface area contributed by atoms with Crippen LogP contribution >= 0.6 is 0 Å². The summed E-state index contributed by atoms with van der Waals surface area (Å²) >= 11 is 0. The van der Waals surface area contributed by atoms with Gasteiger partial charge in [-0.25, -0.2) is 0 Å². The van der Waals surface area contributed by atoms with Crippen LogP contribution in [0.5, 0.6) is 23.0 Å². The standard InChI is InChI=1S/C39H55N2O5/c1-6-10-19-44-36-22-28(23-37(45-20-11-7-2)39(36)46-21-12-8-3)26-41-18-16-30(29(9-4)27-41)24-35(41)38(42)32-15-17-40-34-14-13-31(43-5)25-33(32)34/h9,13-15,17,22-23,25,29-30,35,38,42H,4,6-8,10-12,16,18-21,24,26-27H2,1-3,5H3/q+1/t29?,30?,35-,38+,41?/m1/s1. The van der Waals surface area contributed by atoms with E-state index in [4.69, 9.17) is 18.9 Å². The Morgan fingerprint density at radius 3 is 2.26 bits per heavy atom. The molecule has 7 nitrogen and oxygen atoms in total. The molecule has 0 amide bonds. The molecule has 250 valence electrons. The molecule has 0 spiro atoms. The van der Waals surface area contributed by atoms with E-state index in [9.17, 15) is 5.11 Å². The van der Waals surface area contributed by atoms with Crippen molar-refractivity contribution in [3.05, 3.63) is 66.4 Å². The molecule has 1 N–H and O–H groups in total. The van der Waals surface area contributed by atoms with E-state index in [1.807, 2.05) is 30.5 Å². The lowest BCUT2D eigenvalue weighted by Gasteiger charge is -2.58. The minimum absolute atomic E-state index is 0.0288. The molecule has 3 fully saturated rings. The van der Waals surface area contributed by atoms with Gasteiger partial charge in [-0.3, -0.25) is 4.98 Å². The molecule has 46 heavy (non-hydrogen) atoms. The van der Waals surface area contributed by atoms with Gasteiger partial charge in [0, 0.05) is 35.9 Å². The maximum Gasteiger partial charge on any atom is 0.203 e. The zero-order valence-corrected chi connectivity index (χ0v) is 28.5. The zero-order chi connectivity index (χ0) is 32.5. The van der Waals surface area contributed by atoms with Gasteiger partial charge in [0.2, 0.25) is 5.75 Å². The van der Waals surface area contributed by atoms with Crippen molar-refractivity contribution in [1.29, 1.82) is 0 Å². The highest BCUT2D eigenvalue weighted by molar-refractivity contribution is 5.84. The normalized spacial score (nSPS) is 22.8. The van der Waals surface area contributed by atoms with Gasteiger partial charge in [-0.15, -0.1) is 6.58 Å². The molecule has 2 aromatic carbocycles. The molecule has 3 aliphatic heterocycles.